The summed E-state index contributed by atoms with van der Waals surface area (Å²) in [4.78, 5) is 15.0. The van der Waals surface area contributed by atoms with Crippen molar-refractivity contribution in [3.8, 4) is 17.6 Å². The number of nitrogens with zero attached hydrogens (tertiary/aromatic N) is 4. The molecular formula is C27H25N5O3. The highest BCUT2D eigenvalue weighted by Gasteiger charge is 2.26. The number of amides is 1. The number of ether oxygens (including phenoxy) is 1. The van der Waals surface area contributed by atoms with Crippen LogP contribution in [-0.2, 0) is 0 Å². The first kappa shape index (κ1) is 22.4. The molecule has 0 unspecified atom stereocenters. The number of aliphatic hydroxyl groups excluding tert-OH is 1. The number of aromatic nitrogens is 2. The van der Waals surface area contributed by atoms with Gasteiger partial charge in [-0.05, 0) is 61.7 Å². The summed E-state index contributed by atoms with van der Waals surface area (Å²) in [5, 5.41) is 27.2. The summed E-state index contributed by atoms with van der Waals surface area (Å²) in [5.74, 6) is 1.35. The van der Waals surface area contributed by atoms with Crippen LogP contribution in [0.25, 0.3) is 5.52 Å². The molecule has 3 heterocycles. The average Bonchev–Trinajstić information content (AvgIpc) is 3.22. The minimum absolute atomic E-state index is 0.0910. The number of piperidine rings is 1. The van der Waals surface area contributed by atoms with Crippen molar-refractivity contribution in [2.24, 2.45) is 0 Å². The van der Waals surface area contributed by atoms with E-state index in [1.54, 1.807) is 15.6 Å². The van der Waals surface area contributed by atoms with Gasteiger partial charge in [0, 0.05) is 25.0 Å². The molecule has 0 spiro atoms. The van der Waals surface area contributed by atoms with E-state index < -0.39 is 0 Å². The fourth-order valence-electron chi connectivity index (χ4n) is 4.33. The van der Waals surface area contributed by atoms with Gasteiger partial charge >= 0.3 is 0 Å². The lowest BCUT2D eigenvalue weighted by Crippen LogP contribution is -2.40. The van der Waals surface area contributed by atoms with Crippen LogP contribution in [0.5, 0.6) is 11.5 Å². The van der Waals surface area contributed by atoms with Crippen LogP contribution >= 0.6 is 0 Å². The SMILES string of the molecule is Cc1c(C(=O)N2CCC(O)CC2)cn2ncc(C#N)c(Nc3ccc(Oc4ccccc4)cc3)c12. The topological polar surface area (TPSA) is 103 Å². The van der Waals surface area contributed by atoms with Gasteiger partial charge in [-0.1, -0.05) is 18.2 Å². The van der Waals surface area contributed by atoms with Crippen molar-refractivity contribution in [3.05, 3.63) is 83.7 Å². The number of nitriles is 1. The smallest absolute Gasteiger partial charge is 0.255 e. The summed E-state index contributed by atoms with van der Waals surface area (Å²) in [6.07, 6.45) is 4.00. The number of hydrogen-bond donors (Lipinski definition) is 2. The Labute approximate surface area is 203 Å². The van der Waals surface area contributed by atoms with Gasteiger partial charge in [-0.2, -0.15) is 10.4 Å². The second-order valence-electron chi connectivity index (χ2n) is 8.59. The van der Waals surface area contributed by atoms with Crippen molar-refractivity contribution in [3.63, 3.8) is 0 Å². The number of carbonyl (C=O) groups is 1. The maximum atomic E-state index is 13.2. The highest BCUT2D eigenvalue weighted by molar-refractivity contribution is 6.00. The zero-order valence-corrected chi connectivity index (χ0v) is 19.3. The van der Waals surface area contributed by atoms with Crippen LogP contribution in [0, 0.1) is 18.3 Å². The number of carbonyl (C=O) groups excluding carboxylic acids is 1. The Kier molecular flexibility index (Phi) is 6.08. The molecule has 1 saturated heterocycles. The first-order valence-corrected chi connectivity index (χ1v) is 11.5. The highest BCUT2D eigenvalue weighted by Crippen LogP contribution is 2.32. The zero-order chi connectivity index (χ0) is 24.4. The van der Waals surface area contributed by atoms with Crippen LogP contribution in [0.15, 0.2) is 67.0 Å². The van der Waals surface area contributed by atoms with Crippen LogP contribution in [0.3, 0.4) is 0 Å². The molecule has 1 fully saturated rings. The van der Waals surface area contributed by atoms with Crippen molar-refractivity contribution in [1.29, 1.82) is 5.26 Å². The normalized spacial score (nSPS) is 14.0. The van der Waals surface area contributed by atoms with Gasteiger partial charge in [-0.15, -0.1) is 0 Å². The summed E-state index contributed by atoms with van der Waals surface area (Å²) in [6.45, 7) is 2.90. The number of para-hydroxylation sites is 1. The van der Waals surface area contributed by atoms with E-state index in [0.717, 1.165) is 17.0 Å². The second-order valence-corrected chi connectivity index (χ2v) is 8.59. The van der Waals surface area contributed by atoms with E-state index in [-0.39, 0.29) is 12.0 Å². The molecule has 8 nitrogen and oxygen atoms in total. The third-order valence-corrected chi connectivity index (χ3v) is 6.26. The van der Waals surface area contributed by atoms with Crippen molar-refractivity contribution < 1.29 is 14.6 Å². The number of aryl methyl sites for hydroxylation is 1. The minimum atomic E-state index is -0.353. The van der Waals surface area contributed by atoms with E-state index in [0.29, 0.717) is 54.0 Å². The van der Waals surface area contributed by atoms with Crippen molar-refractivity contribution in [1.82, 2.24) is 14.5 Å². The summed E-state index contributed by atoms with van der Waals surface area (Å²) in [6, 6.07) is 19.2. The van der Waals surface area contributed by atoms with Crippen LogP contribution in [-0.4, -0.2) is 44.7 Å². The van der Waals surface area contributed by atoms with Gasteiger partial charge in [0.15, 0.2) is 0 Å². The Morgan fingerprint density at radius 1 is 1.11 bits per heavy atom. The summed E-state index contributed by atoms with van der Waals surface area (Å²) in [5.41, 5.74) is 3.70. The van der Waals surface area contributed by atoms with Crippen LogP contribution in [0.1, 0.15) is 34.3 Å². The molecule has 0 aliphatic carbocycles. The summed E-state index contributed by atoms with van der Waals surface area (Å²) in [7, 11) is 0. The number of likely N-dealkylation sites (tertiary alicyclic amines) is 1. The molecule has 5 rings (SSSR count). The van der Waals surface area contributed by atoms with Gasteiger partial charge in [-0.25, -0.2) is 4.52 Å². The Morgan fingerprint density at radius 3 is 2.49 bits per heavy atom. The third-order valence-electron chi connectivity index (χ3n) is 6.26. The van der Waals surface area contributed by atoms with E-state index >= 15 is 0 Å². The molecule has 1 aliphatic rings. The Balaban J connectivity index is 1.44. The van der Waals surface area contributed by atoms with Gasteiger partial charge in [0.25, 0.3) is 5.91 Å². The van der Waals surface area contributed by atoms with E-state index in [4.69, 9.17) is 4.74 Å². The van der Waals surface area contributed by atoms with Crippen LogP contribution < -0.4 is 10.1 Å². The number of aliphatic hydroxyl groups is 1. The lowest BCUT2D eigenvalue weighted by atomic mass is 10.1. The van der Waals surface area contributed by atoms with Crippen LogP contribution in [0.2, 0.25) is 0 Å². The van der Waals surface area contributed by atoms with E-state index in [2.05, 4.69) is 16.5 Å². The number of nitrogens with one attached hydrogen (secondary N) is 1. The summed E-state index contributed by atoms with van der Waals surface area (Å²) < 4.78 is 7.50. The molecule has 0 atom stereocenters. The molecule has 0 bridgehead atoms. The maximum absolute atomic E-state index is 13.2. The Hall–Kier alpha value is -4.35. The molecule has 2 aromatic carbocycles. The van der Waals surface area contributed by atoms with Gasteiger partial charge in [-0.3, -0.25) is 4.79 Å². The van der Waals surface area contributed by atoms with E-state index in [1.807, 2.05) is 61.5 Å². The number of benzene rings is 2. The Bertz CT molecular complexity index is 1400. The Morgan fingerprint density at radius 2 is 1.80 bits per heavy atom. The fraction of sp³-hybridized carbons (Fsp3) is 0.222. The number of rotatable bonds is 5. The molecule has 2 N–H and O–H groups in total. The summed E-state index contributed by atoms with van der Waals surface area (Å²) >= 11 is 0. The molecular weight excluding hydrogens is 442 g/mol. The van der Waals surface area contributed by atoms with Gasteiger partial charge < -0.3 is 20.1 Å². The predicted molar refractivity (Wildman–Crippen MR) is 132 cm³/mol. The molecule has 35 heavy (non-hydrogen) atoms. The molecule has 0 radical (unpaired) electrons. The number of fused-ring (bicyclic) bond motifs is 1. The zero-order valence-electron chi connectivity index (χ0n) is 19.3. The predicted octanol–water partition coefficient (Wildman–Crippen LogP) is 4.65. The van der Waals surface area contributed by atoms with Gasteiger partial charge in [0.1, 0.15) is 17.6 Å². The van der Waals surface area contributed by atoms with Crippen molar-refractivity contribution >= 4 is 22.8 Å². The fourth-order valence-corrected chi connectivity index (χ4v) is 4.33. The third kappa shape index (κ3) is 4.54. The minimum Gasteiger partial charge on any atom is -0.457 e. The number of anilines is 2. The average molecular weight is 468 g/mol. The molecule has 1 amide bonds. The van der Waals surface area contributed by atoms with Crippen LogP contribution in [0.4, 0.5) is 11.4 Å². The highest BCUT2D eigenvalue weighted by atomic mass is 16.5. The molecule has 0 saturated carbocycles. The quantitative estimate of drug-likeness (QED) is 0.443. The van der Waals surface area contributed by atoms with Crippen molar-refractivity contribution in [2.75, 3.05) is 18.4 Å². The van der Waals surface area contributed by atoms with Gasteiger partial charge in [0.2, 0.25) is 0 Å². The monoisotopic (exact) mass is 467 g/mol. The molecule has 4 aromatic rings. The first-order chi connectivity index (χ1) is 17.0. The van der Waals surface area contributed by atoms with E-state index in [1.165, 1.54) is 6.20 Å². The number of hydrogen-bond acceptors (Lipinski definition) is 6. The standard InChI is InChI=1S/C27H25N5O3/c1-18-24(27(34)31-13-11-21(33)12-14-31)17-32-26(18)25(19(15-28)16-29-32)30-20-7-9-23(10-8-20)35-22-5-3-2-4-6-22/h2-10,16-17,21,30,33H,11-14H2,1H3. The van der Waals surface area contributed by atoms with Gasteiger partial charge in [0.05, 0.1) is 34.6 Å². The lowest BCUT2D eigenvalue weighted by Gasteiger charge is -2.29. The first-order valence-electron chi connectivity index (χ1n) is 11.5. The molecule has 8 heteroatoms. The molecule has 2 aromatic heterocycles. The molecule has 176 valence electrons. The lowest BCUT2D eigenvalue weighted by molar-refractivity contribution is 0.0546. The molecule has 1 aliphatic heterocycles. The largest absolute Gasteiger partial charge is 0.457 e. The second kappa shape index (κ2) is 9.49. The maximum Gasteiger partial charge on any atom is 0.255 e. The van der Waals surface area contributed by atoms with Crippen molar-refractivity contribution in [2.45, 2.75) is 25.9 Å². The van der Waals surface area contributed by atoms with E-state index in [9.17, 15) is 15.2 Å².